The number of benzene rings is 1. The van der Waals surface area contributed by atoms with Crippen molar-refractivity contribution < 1.29 is 18.4 Å². The topological polar surface area (TPSA) is 66.1 Å². The van der Waals surface area contributed by atoms with Gasteiger partial charge in [-0.15, -0.1) is 0 Å². The van der Waals surface area contributed by atoms with Crippen molar-refractivity contribution >= 4 is 11.8 Å². The van der Waals surface area contributed by atoms with Crippen molar-refractivity contribution in [3.05, 3.63) is 53.1 Å². The average molecular weight is 263 g/mol. The van der Waals surface area contributed by atoms with Gasteiger partial charge in [0, 0.05) is 12.4 Å². The van der Waals surface area contributed by atoms with Gasteiger partial charge >= 0.3 is 0 Å². The molecule has 1 aliphatic heterocycles. The van der Waals surface area contributed by atoms with Crippen LogP contribution in [0, 0.1) is 11.6 Å². The van der Waals surface area contributed by atoms with Gasteiger partial charge in [0.15, 0.2) is 11.6 Å². The van der Waals surface area contributed by atoms with E-state index in [1.807, 2.05) is 0 Å². The lowest BCUT2D eigenvalue weighted by Crippen LogP contribution is -2.29. The Morgan fingerprint density at radius 1 is 1.11 bits per heavy atom. The quantitative estimate of drug-likeness (QED) is 0.835. The van der Waals surface area contributed by atoms with Gasteiger partial charge in [0.1, 0.15) is 5.82 Å². The molecule has 0 saturated carbocycles. The van der Waals surface area contributed by atoms with Crippen LogP contribution in [0.25, 0.3) is 0 Å². The molecule has 2 aromatic rings. The molecular formula is C12H7F2N3O2. The average Bonchev–Trinajstić information content (AvgIpc) is 2.96. The first kappa shape index (κ1) is 11.5. The maximum Gasteiger partial charge on any atom is 0.262 e. The largest absolute Gasteiger partial charge is 0.347 e. The molecule has 0 unspecified atom stereocenters. The normalized spacial score (nSPS) is 14.1. The number of aromatic nitrogens is 2. The Morgan fingerprint density at radius 2 is 1.68 bits per heavy atom. The van der Waals surface area contributed by atoms with Crippen LogP contribution in [-0.4, -0.2) is 26.7 Å². The molecule has 0 fully saturated rings. The summed E-state index contributed by atoms with van der Waals surface area (Å²) < 4.78 is 26.2. The van der Waals surface area contributed by atoms with Gasteiger partial charge in [0.2, 0.25) is 0 Å². The van der Waals surface area contributed by atoms with Gasteiger partial charge in [-0.25, -0.2) is 13.8 Å². The summed E-state index contributed by atoms with van der Waals surface area (Å²) in [6.45, 7) is -0.0669. The van der Waals surface area contributed by atoms with Crippen molar-refractivity contribution in [1.29, 1.82) is 0 Å². The number of fused-ring (bicyclic) bond motifs is 1. The SMILES string of the molecule is O=C1c2cc(F)c(F)cc2C(=O)N1Cc1ncc[nH]1. The Hall–Kier alpha value is -2.57. The van der Waals surface area contributed by atoms with Gasteiger partial charge in [0.25, 0.3) is 11.8 Å². The summed E-state index contributed by atoms with van der Waals surface area (Å²) in [6, 6.07) is 1.49. The first-order chi connectivity index (χ1) is 9.08. The first-order valence-corrected chi connectivity index (χ1v) is 5.41. The van der Waals surface area contributed by atoms with E-state index in [9.17, 15) is 18.4 Å². The Labute approximate surface area is 105 Å². The smallest absolute Gasteiger partial charge is 0.262 e. The molecule has 1 aromatic carbocycles. The number of nitrogens with one attached hydrogen (secondary N) is 1. The van der Waals surface area contributed by atoms with Crippen LogP contribution < -0.4 is 0 Å². The molecule has 0 radical (unpaired) electrons. The zero-order valence-corrected chi connectivity index (χ0v) is 9.48. The van der Waals surface area contributed by atoms with Gasteiger partial charge < -0.3 is 4.98 Å². The molecule has 3 rings (SSSR count). The van der Waals surface area contributed by atoms with Crippen LogP contribution in [0.15, 0.2) is 24.5 Å². The highest BCUT2D eigenvalue weighted by Crippen LogP contribution is 2.26. The number of aromatic amines is 1. The lowest BCUT2D eigenvalue weighted by Gasteiger charge is -2.11. The fraction of sp³-hybridized carbons (Fsp3) is 0.0833. The van der Waals surface area contributed by atoms with Gasteiger partial charge in [0.05, 0.1) is 17.7 Å². The van der Waals surface area contributed by atoms with Crippen molar-refractivity contribution in [2.24, 2.45) is 0 Å². The molecule has 5 nitrogen and oxygen atoms in total. The summed E-state index contributed by atoms with van der Waals surface area (Å²) in [5, 5.41) is 0. The summed E-state index contributed by atoms with van der Waals surface area (Å²) in [5.41, 5.74) is -0.258. The predicted octanol–water partition coefficient (Wildman–Crippen LogP) is 1.48. The molecule has 0 aliphatic carbocycles. The summed E-state index contributed by atoms with van der Waals surface area (Å²) in [6.07, 6.45) is 3.03. The third-order valence-corrected chi connectivity index (χ3v) is 2.87. The highest BCUT2D eigenvalue weighted by Gasteiger charge is 2.37. The minimum atomic E-state index is -1.15. The third-order valence-electron chi connectivity index (χ3n) is 2.87. The van der Waals surface area contributed by atoms with E-state index in [2.05, 4.69) is 9.97 Å². The maximum absolute atomic E-state index is 13.1. The fourth-order valence-corrected chi connectivity index (χ4v) is 1.96. The lowest BCUT2D eigenvalue weighted by molar-refractivity contribution is 0.0638. The summed E-state index contributed by atoms with van der Waals surface area (Å²) in [7, 11) is 0. The Kier molecular flexibility index (Phi) is 2.41. The number of nitrogens with zero attached hydrogens (tertiary/aromatic N) is 2. The highest BCUT2D eigenvalue weighted by atomic mass is 19.2. The summed E-state index contributed by atoms with van der Waals surface area (Å²) in [5.74, 6) is -3.21. The van der Waals surface area contributed by atoms with Gasteiger partial charge in [-0.05, 0) is 12.1 Å². The molecule has 19 heavy (non-hydrogen) atoms. The standard InChI is InChI=1S/C12H7F2N3O2/c13-8-3-6-7(4-9(8)14)12(19)17(11(6)18)5-10-15-1-2-16-10/h1-4H,5H2,(H,15,16). The number of hydrogen-bond acceptors (Lipinski definition) is 3. The van der Waals surface area contributed by atoms with E-state index >= 15 is 0 Å². The highest BCUT2D eigenvalue weighted by molar-refractivity contribution is 6.21. The molecule has 2 amide bonds. The van der Waals surface area contributed by atoms with Crippen LogP contribution >= 0.6 is 0 Å². The zero-order valence-electron chi connectivity index (χ0n) is 9.48. The van der Waals surface area contributed by atoms with E-state index in [1.165, 1.54) is 6.20 Å². The second-order valence-corrected chi connectivity index (χ2v) is 4.04. The van der Waals surface area contributed by atoms with Gasteiger partial charge in [-0.3, -0.25) is 14.5 Å². The number of carbonyl (C=O) groups is 2. The van der Waals surface area contributed by atoms with Crippen molar-refractivity contribution in [2.45, 2.75) is 6.54 Å². The molecule has 0 bridgehead atoms. The molecule has 96 valence electrons. The molecule has 7 heteroatoms. The minimum Gasteiger partial charge on any atom is -0.347 e. The molecule has 1 aromatic heterocycles. The van der Waals surface area contributed by atoms with Crippen LogP contribution in [0.4, 0.5) is 8.78 Å². The second kappa shape index (κ2) is 3.98. The zero-order chi connectivity index (χ0) is 13.6. The van der Waals surface area contributed by atoms with Crippen molar-refractivity contribution in [1.82, 2.24) is 14.9 Å². The number of rotatable bonds is 2. The Morgan fingerprint density at radius 3 is 2.16 bits per heavy atom. The molecular weight excluding hydrogens is 256 g/mol. The van der Waals surface area contributed by atoms with E-state index < -0.39 is 23.4 Å². The van der Waals surface area contributed by atoms with Crippen molar-refractivity contribution in [3.8, 4) is 0 Å². The van der Waals surface area contributed by atoms with E-state index in [4.69, 9.17) is 0 Å². The summed E-state index contributed by atoms with van der Waals surface area (Å²) in [4.78, 5) is 31.5. The Balaban J connectivity index is 2.00. The van der Waals surface area contributed by atoms with E-state index in [0.29, 0.717) is 5.82 Å². The number of H-pyrrole nitrogens is 1. The number of imidazole rings is 1. The lowest BCUT2D eigenvalue weighted by atomic mass is 10.1. The number of imide groups is 1. The van der Waals surface area contributed by atoms with E-state index in [0.717, 1.165) is 17.0 Å². The van der Waals surface area contributed by atoms with Crippen molar-refractivity contribution in [3.63, 3.8) is 0 Å². The van der Waals surface area contributed by atoms with Gasteiger partial charge in [-0.1, -0.05) is 0 Å². The third kappa shape index (κ3) is 1.70. The molecule has 1 N–H and O–H groups in total. The van der Waals surface area contributed by atoms with Crippen LogP contribution in [-0.2, 0) is 6.54 Å². The van der Waals surface area contributed by atoms with Crippen molar-refractivity contribution in [2.75, 3.05) is 0 Å². The molecule has 0 saturated heterocycles. The number of amides is 2. The number of hydrogen-bond donors (Lipinski definition) is 1. The van der Waals surface area contributed by atoms with Crippen LogP contribution in [0.1, 0.15) is 26.5 Å². The monoisotopic (exact) mass is 263 g/mol. The molecule has 2 heterocycles. The number of halogens is 2. The minimum absolute atomic E-state index is 0.0669. The fourth-order valence-electron chi connectivity index (χ4n) is 1.96. The predicted molar refractivity (Wildman–Crippen MR) is 59.1 cm³/mol. The number of carbonyl (C=O) groups excluding carboxylic acids is 2. The van der Waals surface area contributed by atoms with Gasteiger partial charge in [-0.2, -0.15) is 0 Å². The summed E-state index contributed by atoms with van der Waals surface area (Å²) >= 11 is 0. The van der Waals surface area contributed by atoms with E-state index in [1.54, 1.807) is 6.20 Å². The van der Waals surface area contributed by atoms with Crippen LogP contribution in [0.2, 0.25) is 0 Å². The first-order valence-electron chi connectivity index (χ1n) is 5.41. The molecule has 0 spiro atoms. The van der Waals surface area contributed by atoms with Crippen LogP contribution in [0.5, 0.6) is 0 Å². The van der Waals surface area contributed by atoms with E-state index in [-0.39, 0.29) is 17.7 Å². The van der Waals surface area contributed by atoms with Crippen LogP contribution in [0.3, 0.4) is 0 Å². The maximum atomic E-state index is 13.1. The molecule has 0 atom stereocenters. The second-order valence-electron chi connectivity index (χ2n) is 4.04. The molecule has 1 aliphatic rings. The Bertz CT molecular complexity index is 642.